The minimum absolute atomic E-state index is 0.0403. The van der Waals surface area contributed by atoms with E-state index in [1.54, 1.807) is 30.3 Å². The molecule has 0 aromatic heterocycles. The predicted octanol–water partition coefficient (Wildman–Crippen LogP) is 3.63. The number of ether oxygens (including phenoxy) is 1. The number of rotatable bonds is 7. The van der Waals surface area contributed by atoms with Gasteiger partial charge in [-0.05, 0) is 42.5 Å². The summed E-state index contributed by atoms with van der Waals surface area (Å²) in [7, 11) is -2.50. The van der Waals surface area contributed by atoms with Crippen LogP contribution in [0.2, 0.25) is 0 Å². The molecular weight excluding hydrogens is 421 g/mol. The van der Waals surface area contributed by atoms with Gasteiger partial charge in [-0.25, -0.2) is 12.8 Å². The molecule has 3 aromatic rings. The number of amides is 1. The molecule has 3 rings (SSSR count). The van der Waals surface area contributed by atoms with Crippen LogP contribution in [0.4, 0.5) is 10.1 Å². The van der Waals surface area contributed by atoms with Crippen molar-refractivity contribution in [3.63, 3.8) is 0 Å². The molecule has 9 heteroatoms. The van der Waals surface area contributed by atoms with Gasteiger partial charge in [-0.1, -0.05) is 30.3 Å². The first-order valence-electron chi connectivity index (χ1n) is 9.06. The highest BCUT2D eigenvalue weighted by Crippen LogP contribution is 2.26. The third-order valence-corrected chi connectivity index (χ3v) is 5.78. The van der Waals surface area contributed by atoms with Crippen molar-refractivity contribution in [1.29, 1.82) is 5.26 Å². The van der Waals surface area contributed by atoms with Crippen LogP contribution in [0.3, 0.4) is 0 Å². The van der Waals surface area contributed by atoms with Crippen molar-refractivity contribution in [3.05, 3.63) is 89.7 Å². The third-order valence-electron chi connectivity index (χ3n) is 4.40. The summed E-state index contributed by atoms with van der Waals surface area (Å²) in [6.45, 7) is 0. The number of benzene rings is 3. The molecule has 0 bridgehead atoms. The van der Waals surface area contributed by atoms with E-state index in [-0.39, 0.29) is 21.7 Å². The Morgan fingerprint density at radius 3 is 2.32 bits per heavy atom. The fraction of sp³-hybridized carbons (Fsp3) is 0.0909. The molecule has 0 aliphatic rings. The number of nitriles is 1. The minimum Gasteiger partial charge on any atom is -0.495 e. The number of hydrogen-bond acceptors (Lipinski definition) is 5. The normalized spacial score (nSPS) is 11.8. The number of sulfonamides is 1. The van der Waals surface area contributed by atoms with Gasteiger partial charge in [0.25, 0.3) is 15.9 Å². The molecular formula is C22H18FN3O4S. The number of nitrogens with one attached hydrogen (secondary N) is 2. The molecule has 0 saturated heterocycles. The number of halogens is 1. The van der Waals surface area contributed by atoms with E-state index >= 15 is 0 Å². The molecule has 0 fully saturated rings. The standard InChI is InChI=1S/C22H18FN3O4S/c1-30-21-9-5-4-8-19(21)26-31(28,29)16-12-10-15(11-13-16)22(27)25-20(14-24)17-6-2-3-7-18(17)23/h2-13,20,26H,1H3,(H,25,27). The molecule has 0 saturated carbocycles. The van der Waals surface area contributed by atoms with Crippen LogP contribution in [-0.2, 0) is 10.0 Å². The first-order chi connectivity index (χ1) is 14.9. The second kappa shape index (κ2) is 9.28. The molecule has 158 valence electrons. The fourth-order valence-electron chi connectivity index (χ4n) is 2.82. The van der Waals surface area contributed by atoms with Crippen molar-refractivity contribution >= 4 is 21.6 Å². The zero-order valence-electron chi connectivity index (χ0n) is 16.4. The van der Waals surface area contributed by atoms with Gasteiger partial charge in [0.15, 0.2) is 0 Å². The molecule has 7 nitrogen and oxygen atoms in total. The Bertz CT molecular complexity index is 1240. The van der Waals surface area contributed by atoms with Gasteiger partial charge in [0.1, 0.15) is 17.6 Å². The molecule has 0 heterocycles. The van der Waals surface area contributed by atoms with Crippen LogP contribution in [0.15, 0.2) is 77.7 Å². The van der Waals surface area contributed by atoms with Crippen LogP contribution < -0.4 is 14.8 Å². The predicted molar refractivity (Wildman–Crippen MR) is 112 cm³/mol. The maximum Gasteiger partial charge on any atom is 0.262 e. The maximum atomic E-state index is 13.9. The van der Waals surface area contributed by atoms with Gasteiger partial charge >= 0.3 is 0 Å². The zero-order chi connectivity index (χ0) is 22.4. The van der Waals surface area contributed by atoms with Crippen molar-refractivity contribution in [2.75, 3.05) is 11.8 Å². The number of hydrogen-bond donors (Lipinski definition) is 2. The van der Waals surface area contributed by atoms with E-state index in [2.05, 4.69) is 10.0 Å². The second-order valence-corrected chi connectivity index (χ2v) is 8.07. The van der Waals surface area contributed by atoms with Crippen molar-refractivity contribution in [3.8, 4) is 11.8 Å². The van der Waals surface area contributed by atoms with Crippen molar-refractivity contribution in [2.45, 2.75) is 10.9 Å². The van der Waals surface area contributed by atoms with Crippen LogP contribution in [0.1, 0.15) is 22.0 Å². The summed E-state index contributed by atoms with van der Waals surface area (Å²) in [5.41, 5.74) is 0.431. The van der Waals surface area contributed by atoms with E-state index in [0.29, 0.717) is 5.75 Å². The molecule has 1 atom stereocenters. The van der Waals surface area contributed by atoms with Crippen LogP contribution in [0.5, 0.6) is 5.75 Å². The van der Waals surface area contributed by atoms with E-state index < -0.39 is 27.8 Å². The van der Waals surface area contributed by atoms with Gasteiger partial charge in [0.2, 0.25) is 0 Å². The summed E-state index contributed by atoms with van der Waals surface area (Å²) in [6.07, 6.45) is 0. The van der Waals surface area contributed by atoms with Gasteiger partial charge in [-0.3, -0.25) is 9.52 Å². The first kappa shape index (κ1) is 21.8. The van der Waals surface area contributed by atoms with Crippen LogP contribution in [0, 0.1) is 17.1 Å². The monoisotopic (exact) mass is 439 g/mol. The Morgan fingerprint density at radius 1 is 1.03 bits per heavy atom. The molecule has 1 unspecified atom stereocenters. The van der Waals surface area contributed by atoms with Gasteiger partial charge < -0.3 is 10.1 Å². The summed E-state index contributed by atoms with van der Waals surface area (Å²) in [5.74, 6) is -0.896. The van der Waals surface area contributed by atoms with Crippen molar-refractivity contribution in [2.24, 2.45) is 0 Å². The smallest absolute Gasteiger partial charge is 0.262 e. The molecule has 0 spiro atoms. The van der Waals surface area contributed by atoms with E-state index in [9.17, 15) is 22.9 Å². The number of carbonyl (C=O) groups is 1. The number of carbonyl (C=O) groups excluding carboxylic acids is 1. The summed E-state index contributed by atoms with van der Waals surface area (Å²) in [6, 6.07) is 18.0. The van der Waals surface area contributed by atoms with Crippen LogP contribution >= 0.6 is 0 Å². The molecule has 31 heavy (non-hydrogen) atoms. The quantitative estimate of drug-likeness (QED) is 0.584. The number of nitrogens with zero attached hydrogens (tertiary/aromatic N) is 1. The molecule has 1 amide bonds. The number of para-hydroxylation sites is 2. The Balaban J connectivity index is 1.77. The third kappa shape index (κ3) is 4.99. The Hall–Kier alpha value is -3.90. The second-order valence-electron chi connectivity index (χ2n) is 6.39. The van der Waals surface area contributed by atoms with Gasteiger partial charge in [0, 0.05) is 11.1 Å². The van der Waals surface area contributed by atoms with Gasteiger partial charge in [0.05, 0.1) is 23.8 Å². The number of anilines is 1. The lowest BCUT2D eigenvalue weighted by Gasteiger charge is -2.14. The molecule has 0 radical (unpaired) electrons. The zero-order valence-corrected chi connectivity index (χ0v) is 17.2. The van der Waals surface area contributed by atoms with Crippen LogP contribution in [0.25, 0.3) is 0 Å². The first-order valence-corrected chi connectivity index (χ1v) is 10.5. The van der Waals surface area contributed by atoms with E-state index in [4.69, 9.17) is 4.74 Å². The summed E-state index contributed by atoms with van der Waals surface area (Å²) in [5, 5.41) is 11.7. The number of methoxy groups -OCH3 is 1. The van der Waals surface area contributed by atoms with E-state index in [0.717, 1.165) is 0 Å². The lowest BCUT2D eigenvalue weighted by molar-refractivity contribution is 0.0944. The Morgan fingerprint density at radius 2 is 1.68 bits per heavy atom. The van der Waals surface area contributed by atoms with E-state index in [1.165, 1.54) is 49.6 Å². The van der Waals surface area contributed by atoms with Crippen molar-refractivity contribution in [1.82, 2.24) is 5.32 Å². The summed E-state index contributed by atoms with van der Waals surface area (Å²) < 4.78 is 46.8. The SMILES string of the molecule is COc1ccccc1NS(=O)(=O)c1ccc(C(=O)NC(C#N)c2ccccc2F)cc1. The topological polar surface area (TPSA) is 108 Å². The van der Waals surface area contributed by atoms with Crippen LogP contribution in [-0.4, -0.2) is 21.4 Å². The Labute approximate surface area is 179 Å². The molecule has 3 aromatic carbocycles. The average molecular weight is 439 g/mol. The Kier molecular flexibility index (Phi) is 6.52. The minimum atomic E-state index is -3.93. The highest BCUT2D eigenvalue weighted by Gasteiger charge is 2.20. The molecule has 0 aliphatic heterocycles. The van der Waals surface area contributed by atoms with Crippen molar-refractivity contribution < 1.29 is 22.3 Å². The van der Waals surface area contributed by atoms with Gasteiger partial charge in [-0.2, -0.15) is 5.26 Å². The maximum absolute atomic E-state index is 13.9. The van der Waals surface area contributed by atoms with E-state index in [1.807, 2.05) is 6.07 Å². The molecule has 0 aliphatic carbocycles. The summed E-state index contributed by atoms with van der Waals surface area (Å²) in [4.78, 5) is 12.4. The lowest BCUT2D eigenvalue weighted by Crippen LogP contribution is -2.28. The summed E-state index contributed by atoms with van der Waals surface area (Å²) >= 11 is 0. The van der Waals surface area contributed by atoms with Gasteiger partial charge in [-0.15, -0.1) is 0 Å². The largest absolute Gasteiger partial charge is 0.495 e. The fourth-order valence-corrected chi connectivity index (χ4v) is 3.89. The lowest BCUT2D eigenvalue weighted by atomic mass is 10.1. The average Bonchev–Trinajstić information content (AvgIpc) is 2.78. The highest BCUT2D eigenvalue weighted by molar-refractivity contribution is 7.92. The highest BCUT2D eigenvalue weighted by atomic mass is 32.2. The molecule has 2 N–H and O–H groups in total.